The van der Waals surface area contributed by atoms with Crippen LogP contribution in [0.2, 0.25) is 42.0 Å². The average molecular weight is 1200 g/mol. The van der Waals surface area contributed by atoms with E-state index in [1.807, 2.05) is 0 Å². The second kappa shape index (κ2) is 33.1. The predicted octanol–water partition coefficient (Wildman–Crippen LogP) is 17.5. The summed E-state index contributed by atoms with van der Waals surface area (Å²) in [6.45, 7) is 18.8. The van der Waals surface area contributed by atoms with E-state index in [0.29, 0.717) is 48.8 Å². The van der Waals surface area contributed by atoms with Gasteiger partial charge in [-0.1, -0.05) is 0 Å². The fraction of sp³-hybridized carbons (Fsp3) is 1.00. The second-order valence-electron chi connectivity index (χ2n) is 23.0. The van der Waals surface area contributed by atoms with Crippen molar-refractivity contribution in [1.29, 1.82) is 0 Å². The van der Waals surface area contributed by atoms with Gasteiger partial charge < -0.3 is 0 Å². The van der Waals surface area contributed by atoms with Crippen LogP contribution in [0.3, 0.4) is 0 Å². The van der Waals surface area contributed by atoms with Gasteiger partial charge in [-0.15, -0.1) is 0 Å². The van der Waals surface area contributed by atoms with E-state index in [1.165, 1.54) is 145 Å². The van der Waals surface area contributed by atoms with Crippen molar-refractivity contribution in [3.8, 4) is 0 Å². The van der Waals surface area contributed by atoms with Gasteiger partial charge in [0.05, 0.1) is 0 Å². The number of unbranched alkanes of at least 4 members (excludes halogenated alkanes) is 8. The first-order valence-corrected chi connectivity index (χ1v) is 49.3. The molecule has 11 aliphatic rings. The van der Waals surface area contributed by atoms with Crippen LogP contribution in [0, 0.1) is 0 Å². The molecule has 8 nitrogen and oxygen atoms in total. The average Bonchev–Trinajstić information content (AvgIpc) is 3.36. The first-order valence-electron chi connectivity index (χ1n) is 30.5. The summed E-state index contributed by atoms with van der Waals surface area (Å²) in [6, 6.07) is 0. The second-order valence-corrected chi connectivity index (χ2v) is 50.6. The summed E-state index contributed by atoms with van der Waals surface area (Å²) in [4.78, 5) is 0. The molecule has 0 N–H and O–H groups in total. The molecule has 7 heterocycles. The maximum atomic E-state index is 7.62. The molecular formula is C56H112Ge4O8. The third-order valence-corrected chi connectivity index (χ3v) is 48.4. The topological polar surface area (TPSA) is 73.8 Å². The molecular weight excluding hydrogens is 1090 g/mol. The molecule has 7 saturated heterocycles. The molecule has 8 bridgehead atoms. The standard InChI is InChI=1S/C56H112Ge4O8/c1-9-17-41-57(42-18-10-2)61-49-25-29-51(30-26-49)63-58(43-19-11-3,44-20-12-4)65-53-33-37-55(38-34-53)67-60(47-23-15-7,48-24-16-8)68-56-39-35-54(36-40-56)66-59(45-21-13-5,46-22-14-6)64-52-31-27-50(62-57)28-32-52/h49-56H,9-48H2,1-8H3. The Labute approximate surface area is 434 Å². The van der Waals surface area contributed by atoms with Gasteiger partial charge in [-0.3, -0.25) is 0 Å². The van der Waals surface area contributed by atoms with Gasteiger partial charge in [-0.25, -0.2) is 0 Å². The Morgan fingerprint density at radius 3 is 0.397 bits per heavy atom. The van der Waals surface area contributed by atoms with Gasteiger partial charge in [0.15, 0.2) is 0 Å². The van der Waals surface area contributed by atoms with Crippen LogP contribution in [0.1, 0.15) is 261 Å². The Morgan fingerprint density at radius 2 is 0.309 bits per heavy atom. The molecule has 0 radical (unpaired) electrons. The van der Waals surface area contributed by atoms with Gasteiger partial charge in [0.1, 0.15) is 0 Å². The van der Waals surface area contributed by atoms with Crippen LogP contribution in [-0.4, -0.2) is 105 Å². The van der Waals surface area contributed by atoms with Crippen molar-refractivity contribution in [3.05, 3.63) is 0 Å². The summed E-state index contributed by atoms with van der Waals surface area (Å²) in [5.74, 6) is 0. The van der Waals surface area contributed by atoms with Crippen LogP contribution >= 0.6 is 0 Å². The van der Waals surface area contributed by atoms with Crippen molar-refractivity contribution < 1.29 is 30.1 Å². The predicted molar refractivity (Wildman–Crippen MR) is 294 cm³/mol. The minimum absolute atomic E-state index is 0.313. The van der Waals surface area contributed by atoms with E-state index >= 15 is 0 Å². The molecule has 11 rings (SSSR count). The monoisotopic (exact) mass is 1210 g/mol. The fourth-order valence-corrected chi connectivity index (χ4v) is 48.3. The molecule has 0 amide bonds. The van der Waals surface area contributed by atoms with Gasteiger partial charge in [0, 0.05) is 0 Å². The Hall–Kier alpha value is 1.85. The molecule has 0 aromatic carbocycles. The van der Waals surface area contributed by atoms with E-state index in [9.17, 15) is 0 Å². The first kappa shape index (κ1) is 60.7. The maximum absolute atomic E-state index is 7.62. The Kier molecular flexibility index (Phi) is 29.6. The van der Waals surface area contributed by atoms with Gasteiger partial charge >= 0.3 is 438 Å². The third kappa shape index (κ3) is 20.4. The van der Waals surface area contributed by atoms with E-state index in [-0.39, 0.29) is 0 Å². The van der Waals surface area contributed by atoms with Crippen LogP contribution < -0.4 is 0 Å². The zero-order valence-corrected chi connectivity index (χ0v) is 54.6. The summed E-state index contributed by atoms with van der Waals surface area (Å²) >= 11 is -12.5. The van der Waals surface area contributed by atoms with Crippen LogP contribution in [0.5, 0.6) is 0 Å². The molecule has 7 aliphatic heterocycles. The van der Waals surface area contributed by atoms with E-state index in [2.05, 4.69) is 55.4 Å². The van der Waals surface area contributed by atoms with Gasteiger partial charge in [0.2, 0.25) is 0 Å². The van der Waals surface area contributed by atoms with E-state index in [1.54, 1.807) is 0 Å². The number of hydrogen-bond donors (Lipinski definition) is 0. The zero-order valence-electron chi connectivity index (χ0n) is 46.2. The quantitative estimate of drug-likeness (QED) is 0.0885. The Morgan fingerprint density at radius 1 is 0.206 bits per heavy atom. The SMILES string of the molecule is CCC[CH2][Ge]1([CH2]CCC)[O]C2CCC(CC2)[O][Ge]([CH2]CCC)([CH2]CCC)[O]C2CCC(CC2)[O][Ge]([CH2]CCC)([CH2]CCC)[O]C2CCC(CC2)[O][Ge]([CH2]CCC)([CH2]CCC)[O]C2CCC(CC2)[O]1. The van der Waals surface area contributed by atoms with E-state index < -0.39 is 55.8 Å². The normalized spacial score (nSPS) is 31.4. The summed E-state index contributed by atoms with van der Waals surface area (Å²) in [5.41, 5.74) is 0. The molecule has 400 valence electrons. The number of hydrogen-bond acceptors (Lipinski definition) is 8. The molecule has 4 aliphatic carbocycles. The zero-order chi connectivity index (χ0) is 48.6. The molecule has 11 fully saturated rings. The fourth-order valence-electron chi connectivity index (χ4n) is 12.6. The molecule has 0 aromatic heterocycles. The van der Waals surface area contributed by atoms with Crippen molar-refractivity contribution in [1.82, 2.24) is 0 Å². The molecule has 4 saturated carbocycles. The van der Waals surface area contributed by atoms with Crippen LogP contribution in [0.4, 0.5) is 0 Å². The Balaban J connectivity index is 1.43. The summed E-state index contributed by atoms with van der Waals surface area (Å²) < 4.78 is 61.0. The third-order valence-electron chi connectivity index (χ3n) is 16.8. The van der Waals surface area contributed by atoms with Crippen molar-refractivity contribution in [2.24, 2.45) is 0 Å². The molecule has 68 heavy (non-hydrogen) atoms. The molecule has 0 unspecified atom stereocenters. The number of rotatable bonds is 24. The van der Waals surface area contributed by atoms with Crippen LogP contribution in [-0.2, 0) is 30.1 Å². The molecule has 12 heteroatoms. The van der Waals surface area contributed by atoms with Crippen molar-refractivity contribution in [2.75, 3.05) is 0 Å². The van der Waals surface area contributed by atoms with Gasteiger partial charge in [-0.2, -0.15) is 0 Å². The van der Waals surface area contributed by atoms with Crippen molar-refractivity contribution >= 4 is 55.8 Å². The van der Waals surface area contributed by atoms with Crippen LogP contribution in [0.25, 0.3) is 0 Å². The van der Waals surface area contributed by atoms with E-state index in [0.717, 1.165) is 103 Å². The van der Waals surface area contributed by atoms with Crippen molar-refractivity contribution in [2.45, 2.75) is 352 Å². The molecule has 0 aromatic rings. The summed E-state index contributed by atoms with van der Waals surface area (Å²) in [7, 11) is 0. The Bertz CT molecular complexity index is 993. The molecule has 0 spiro atoms. The summed E-state index contributed by atoms with van der Waals surface area (Å²) in [5, 5.41) is 9.49. The van der Waals surface area contributed by atoms with Gasteiger partial charge in [0.25, 0.3) is 0 Å². The first-order chi connectivity index (χ1) is 33.1. The summed E-state index contributed by atoms with van der Waals surface area (Å²) in [6.07, 6.45) is 39.8. The molecule has 0 atom stereocenters. The van der Waals surface area contributed by atoms with Gasteiger partial charge in [-0.05, 0) is 0 Å². The van der Waals surface area contributed by atoms with Crippen LogP contribution in [0.15, 0.2) is 0 Å². The minimum atomic E-state index is -3.12. The van der Waals surface area contributed by atoms with E-state index in [4.69, 9.17) is 30.1 Å². The van der Waals surface area contributed by atoms with Crippen molar-refractivity contribution in [3.63, 3.8) is 0 Å².